The first-order valence-corrected chi connectivity index (χ1v) is 9.99. The van der Waals surface area contributed by atoms with Gasteiger partial charge in [0.2, 0.25) is 5.91 Å². The van der Waals surface area contributed by atoms with Crippen LogP contribution in [0.25, 0.3) is 0 Å². The molecule has 0 saturated carbocycles. The van der Waals surface area contributed by atoms with Crippen LogP contribution in [0, 0.1) is 0 Å². The zero-order valence-electron chi connectivity index (χ0n) is 15.9. The van der Waals surface area contributed by atoms with Gasteiger partial charge in [0.05, 0.1) is 18.6 Å². The van der Waals surface area contributed by atoms with Gasteiger partial charge in [0.25, 0.3) is 0 Å². The Bertz CT molecular complexity index is 784. The number of hydrogen-bond acceptors (Lipinski definition) is 3. The number of benzene rings is 2. The van der Waals surface area contributed by atoms with Crippen LogP contribution in [0.15, 0.2) is 54.6 Å². The maximum absolute atomic E-state index is 12.8. The molecule has 27 heavy (non-hydrogen) atoms. The van der Waals surface area contributed by atoms with Crippen molar-refractivity contribution in [3.63, 3.8) is 0 Å². The highest BCUT2D eigenvalue weighted by atomic mass is 16.5. The maximum Gasteiger partial charge on any atom is 0.224 e. The Morgan fingerprint density at radius 1 is 1.11 bits per heavy atom. The molecule has 0 bridgehead atoms. The SMILES string of the molecule is CCO[C@H]1[C@H](NC(=O)Cc2ccccc2)c2ccccc2C12CCNCC2. The van der Waals surface area contributed by atoms with Crippen LogP contribution in [0.2, 0.25) is 0 Å². The molecule has 2 atom stereocenters. The predicted octanol–water partition coefficient (Wildman–Crippen LogP) is 3.13. The number of ether oxygens (including phenoxy) is 1. The molecule has 1 aliphatic heterocycles. The molecule has 1 saturated heterocycles. The second kappa shape index (κ2) is 7.83. The largest absolute Gasteiger partial charge is 0.375 e. The topological polar surface area (TPSA) is 50.4 Å². The number of fused-ring (bicyclic) bond motifs is 2. The summed E-state index contributed by atoms with van der Waals surface area (Å²) in [4.78, 5) is 12.8. The average molecular weight is 364 g/mol. The van der Waals surface area contributed by atoms with Gasteiger partial charge in [-0.05, 0) is 49.5 Å². The summed E-state index contributed by atoms with van der Waals surface area (Å²) < 4.78 is 6.30. The van der Waals surface area contributed by atoms with E-state index in [1.807, 2.05) is 37.3 Å². The highest BCUT2D eigenvalue weighted by Gasteiger charge is 2.53. The number of piperidine rings is 1. The summed E-state index contributed by atoms with van der Waals surface area (Å²) >= 11 is 0. The normalized spacial score (nSPS) is 23.1. The molecule has 0 radical (unpaired) electrons. The minimum Gasteiger partial charge on any atom is -0.375 e. The Morgan fingerprint density at radius 2 is 1.81 bits per heavy atom. The van der Waals surface area contributed by atoms with Crippen molar-refractivity contribution in [2.24, 2.45) is 0 Å². The third-order valence-corrected chi connectivity index (χ3v) is 6.05. The van der Waals surface area contributed by atoms with E-state index in [1.165, 1.54) is 11.1 Å². The van der Waals surface area contributed by atoms with Crippen molar-refractivity contribution >= 4 is 5.91 Å². The van der Waals surface area contributed by atoms with Crippen LogP contribution in [0.3, 0.4) is 0 Å². The maximum atomic E-state index is 12.8. The molecule has 1 heterocycles. The third-order valence-electron chi connectivity index (χ3n) is 6.05. The van der Waals surface area contributed by atoms with E-state index in [4.69, 9.17) is 4.74 Å². The average Bonchev–Trinajstić information content (AvgIpc) is 2.93. The van der Waals surface area contributed by atoms with Crippen molar-refractivity contribution in [2.45, 2.75) is 43.7 Å². The van der Waals surface area contributed by atoms with E-state index < -0.39 is 0 Å². The number of amides is 1. The van der Waals surface area contributed by atoms with Gasteiger partial charge in [0, 0.05) is 12.0 Å². The number of carbonyl (C=O) groups is 1. The standard InChI is InChI=1S/C23H28N2O2/c1-2-27-22-21(25-20(26)16-17-8-4-3-5-9-17)18-10-6-7-11-19(18)23(22)12-14-24-15-13-23/h3-11,21-22,24H,2,12-16H2,1H3,(H,25,26)/t21-,22+/m1/s1. The van der Waals surface area contributed by atoms with E-state index in [9.17, 15) is 4.79 Å². The van der Waals surface area contributed by atoms with Gasteiger partial charge in [-0.15, -0.1) is 0 Å². The fraction of sp³-hybridized carbons (Fsp3) is 0.435. The third kappa shape index (κ3) is 3.40. The van der Waals surface area contributed by atoms with Crippen molar-refractivity contribution in [2.75, 3.05) is 19.7 Å². The van der Waals surface area contributed by atoms with Crippen LogP contribution in [0.1, 0.15) is 42.5 Å². The molecule has 1 spiro atoms. The lowest BCUT2D eigenvalue weighted by atomic mass is 9.72. The summed E-state index contributed by atoms with van der Waals surface area (Å²) in [6, 6.07) is 18.4. The molecule has 4 heteroatoms. The molecule has 2 aliphatic rings. The minimum atomic E-state index is -0.0875. The Labute approximate surface area is 161 Å². The number of hydrogen-bond donors (Lipinski definition) is 2. The predicted molar refractivity (Wildman–Crippen MR) is 107 cm³/mol. The molecule has 1 aliphatic carbocycles. The second-order valence-electron chi connectivity index (χ2n) is 7.58. The van der Waals surface area contributed by atoms with Gasteiger partial charge >= 0.3 is 0 Å². The Balaban J connectivity index is 1.63. The Morgan fingerprint density at radius 3 is 2.56 bits per heavy atom. The van der Waals surface area contributed by atoms with Gasteiger partial charge in [0.1, 0.15) is 0 Å². The van der Waals surface area contributed by atoms with Crippen LogP contribution in [0.5, 0.6) is 0 Å². The van der Waals surface area contributed by atoms with Crippen LogP contribution in [-0.2, 0) is 21.4 Å². The number of rotatable bonds is 5. The molecule has 0 aromatic heterocycles. The fourth-order valence-electron chi connectivity index (χ4n) is 4.88. The molecule has 4 nitrogen and oxygen atoms in total. The summed E-state index contributed by atoms with van der Waals surface area (Å²) in [5, 5.41) is 6.78. The molecule has 1 amide bonds. The Kier molecular flexibility index (Phi) is 5.28. The van der Waals surface area contributed by atoms with E-state index in [0.29, 0.717) is 13.0 Å². The summed E-state index contributed by atoms with van der Waals surface area (Å²) in [7, 11) is 0. The lowest BCUT2D eigenvalue weighted by Gasteiger charge is -2.41. The number of carbonyl (C=O) groups excluding carboxylic acids is 1. The second-order valence-corrected chi connectivity index (χ2v) is 7.58. The van der Waals surface area contributed by atoms with E-state index in [1.54, 1.807) is 0 Å². The fourth-order valence-corrected chi connectivity index (χ4v) is 4.88. The molecular formula is C23H28N2O2. The van der Waals surface area contributed by atoms with Gasteiger partial charge in [-0.1, -0.05) is 54.6 Å². The van der Waals surface area contributed by atoms with E-state index in [-0.39, 0.29) is 23.5 Å². The van der Waals surface area contributed by atoms with Gasteiger partial charge in [0.15, 0.2) is 0 Å². The molecule has 142 valence electrons. The molecule has 2 N–H and O–H groups in total. The van der Waals surface area contributed by atoms with Gasteiger partial charge in [-0.3, -0.25) is 4.79 Å². The van der Waals surface area contributed by atoms with Crippen LogP contribution in [0.4, 0.5) is 0 Å². The van der Waals surface area contributed by atoms with Crippen LogP contribution in [-0.4, -0.2) is 31.7 Å². The highest BCUT2D eigenvalue weighted by Crippen LogP contribution is 2.51. The van der Waals surface area contributed by atoms with E-state index in [0.717, 1.165) is 31.5 Å². The molecular weight excluding hydrogens is 336 g/mol. The molecule has 2 aromatic carbocycles. The summed E-state index contributed by atoms with van der Waals surface area (Å²) in [5.41, 5.74) is 3.60. The van der Waals surface area contributed by atoms with E-state index >= 15 is 0 Å². The monoisotopic (exact) mass is 364 g/mol. The van der Waals surface area contributed by atoms with Crippen molar-refractivity contribution in [3.05, 3.63) is 71.3 Å². The van der Waals surface area contributed by atoms with Crippen molar-refractivity contribution in [3.8, 4) is 0 Å². The van der Waals surface area contributed by atoms with Gasteiger partial charge in [-0.25, -0.2) is 0 Å². The summed E-state index contributed by atoms with van der Waals surface area (Å²) in [6.07, 6.45) is 2.47. The van der Waals surface area contributed by atoms with Gasteiger partial charge in [-0.2, -0.15) is 0 Å². The van der Waals surface area contributed by atoms with E-state index in [2.05, 4.69) is 34.9 Å². The van der Waals surface area contributed by atoms with Crippen molar-refractivity contribution < 1.29 is 9.53 Å². The van der Waals surface area contributed by atoms with Crippen molar-refractivity contribution in [1.82, 2.24) is 10.6 Å². The lowest BCUT2D eigenvalue weighted by Crippen LogP contribution is -2.50. The quantitative estimate of drug-likeness (QED) is 0.857. The van der Waals surface area contributed by atoms with Crippen LogP contribution >= 0.6 is 0 Å². The smallest absolute Gasteiger partial charge is 0.224 e. The summed E-state index contributed by atoms with van der Waals surface area (Å²) in [5.74, 6) is 0.0525. The van der Waals surface area contributed by atoms with Gasteiger partial charge < -0.3 is 15.4 Å². The Hall–Kier alpha value is -2.17. The molecule has 2 aromatic rings. The molecule has 0 unspecified atom stereocenters. The molecule has 4 rings (SSSR count). The lowest BCUT2D eigenvalue weighted by molar-refractivity contribution is -0.123. The zero-order valence-corrected chi connectivity index (χ0v) is 15.9. The minimum absolute atomic E-state index is 0.0114. The zero-order chi connectivity index (χ0) is 18.7. The number of nitrogens with one attached hydrogen (secondary N) is 2. The van der Waals surface area contributed by atoms with Crippen LogP contribution < -0.4 is 10.6 Å². The summed E-state index contributed by atoms with van der Waals surface area (Å²) in [6.45, 7) is 4.67. The first-order valence-electron chi connectivity index (χ1n) is 9.99. The highest BCUT2D eigenvalue weighted by molar-refractivity contribution is 5.79. The van der Waals surface area contributed by atoms with Crippen molar-refractivity contribution in [1.29, 1.82) is 0 Å². The first kappa shape index (κ1) is 18.2. The first-order chi connectivity index (χ1) is 13.2. The molecule has 1 fully saturated rings.